The molecule has 8 nitrogen and oxygen atoms in total. The molecule has 0 saturated carbocycles. The molecule has 1 aromatic carbocycles. The number of nitrogens with zero attached hydrogens (tertiary/aromatic N) is 1. The average Bonchev–Trinajstić information content (AvgIpc) is 2.51. The molecular weight excluding hydrogens is 326 g/mol. The Morgan fingerprint density at radius 1 is 1.20 bits per heavy atom. The molecule has 0 aliphatic carbocycles. The fourth-order valence-corrected chi connectivity index (χ4v) is 2.05. The van der Waals surface area contributed by atoms with Crippen LogP contribution in [0.1, 0.15) is 39.2 Å². The molecule has 0 heterocycles. The SMILES string of the molecule is C[C@@H](Oc1ccc(C#N)cc1)C(=O)NNC(=O)CC(C)(C)CC(=O)O. The maximum Gasteiger partial charge on any atom is 0.303 e. The van der Waals surface area contributed by atoms with Crippen LogP contribution in [0.4, 0.5) is 0 Å². The summed E-state index contributed by atoms with van der Waals surface area (Å²) in [6.45, 7) is 4.81. The van der Waals surface area contributed by atoms with Crippen LogP contribution >= 0.6 is 0 Å². The number of rotatable bonds is 7. The van der Waals surface area contributed by atoms with Gasteiger partial charge in [-0.25, -0.2) is 0 Å². The fourth-order valence-electron chi connectivity index (χ4n) is 2.05. The van der Waals surface area contributed by atoms with Crippen molar-refractivity contribution in [2.45, 2.75) is 39.7 Å². The highest BCUT2D eigenvalue weighted by molar-refractivity contribution is 5.85. The van der Waals surface area contributed by atoms with Crippen molar-refractivity contribution in [3.8, 4) is 11.8 Å². The molecule has 0 radical (unpaired) electrons. The topological polar surface area (TPSA) is 129 Å². The highest BCUT2D eigenvalue weighted by atomic mass is 16.5. The summed E-state index contributed by atoms with van der Waals surface area (Å²) in [5, 5.41) is 17.5. The third-order valence-corrected chi connectivity index (χ3v) is 3.26. The molecule has 1 aromatic rings. The highest BCUT2D eigenvalue weighted by Gasteiger charge is 2.25. The Morgan fingerprint density at radius 2 is 1.80 bits per heavy atom. The number of aliphatic carboxylic acids is 1. The summed E-state index contributed by atoms with van der Waals surface area (Å²) in [7, 11) is 0. The summed E-state index contributed by atoms with van der Waals surface area (Å²) in [5.74, 6) is -1.64. The van der Waals surface area contributed by atoms with Gasteiger partial charge >= 0.3 is 5.97 Å². The summed E-state index contributed by atoms with van der Waals surface area (Å²) in [6.07, 6.45) is -1.09. The smallest absolute Gasteiger partial charge is 0.303 e. The van der Waals surface area contributed by atoms with Gasteiger partial charge in [0, 0.05) is 6.42 Å². The number of hydrogen-bond acceptors (Lipinski definition) is 5. The summed E-state index contributed by atoms with van der Waals surface area (Å²) < 4.78 is 5.41. The Kier molecular flexibility index (Phi) is 6.93. The van der Waals surface area contributed by atoms with E-state index in [1.807, 2.05) is 6.07 Å². The van der Waals surface area contributed by atoms with Gasteiger partial charge in [-0.2, -0.15) is 5.26 Å². The maximum absolute atomic E-state index is 11.9. The van der Waals surface area contributed by atoms with Crippen LogP contribution in [0.2, 0.25) is 0 Å². The maximum atomic E-state index is 11.9. The number of carbonyl (C=O) groups is 3. The van der Waals surface area contributed by atoms with Crippen LogP contribution in [0.25, 0.3) is 0 Å². The van der Waals surface area contributed by atoms with Crippen LogP contribution in [-0.4, -0.2) is 29.0 Å². The van der Waals surface area contributed by atoms with Crippen LogP contribution < -0.4 is 15.6 Å². The van der Waals surface area contributed by atoms with Gasteiger partial charge < -0.3 is 9.84 Å². The van der Waals surface area contributed by atoms with Gasteiger partial charge in [0.15, 0.2) is 6.10 Å². The van der Waals surface area contributed by atoms with Gasteiger partial charge in [-0.15, -0.1) is 0 Å². The number of hydrogen-bond donors (Lipinski definition) is 3. The number of carboxylic acid groups (broad SMARTS) is 1. The Labute approximate surface area is 145 Å². The second-order valence-electron chi connectivity index (χ2n) is 6.35. The molecule has 0 unspecified atom stereocenters. The highest BCUT2D eigenvalue weighted by Crippen LogP contribution is 2.24. The van der Waals surface area contributed by atoms with Crippen molar-refractivity contribution in [3.63, 3.8) is 0 Å². The number of benzene rings is 1. The van der Waals surface area contributed by atoms with Gasteiger partial charge in [0.25, 0.3) is 5.91 Å². The summed E-state index contributed by atoms with van der Waals surface area (Å²) in [5.41, 5.74) is 4.22. The number of carbonyl (C=O) groups excluding carboxylic acids is 2. The van der Waals surface area contributed by atoms with Crippen LogP contribution in [0.3, 0.4) is 0 Å². The van der Waals surface area contributed by atoms with Gasteiger partial charge in [-0.1, -0.05) is 13.8 Å². The molecule has 0 spiro atoms. The Bertz CT molecular complexity index is 677. The van der Waals surface area contributed by atoms with Crippen molar-refractivity contribution in [2.75, 3.05) is 0 Å². The lowest BCUT2D eigenvalue weighted by atomic mass is 9.85. The van der Waals surface area contributed by atoms with Gasteiger partial charge in [0.2, 0.25) is 5.91 Å². The second kappa shape index (κ2) is 8.68. The average molecular weight is 347 g/mol. The number of carboxylic acids is 1. The van der Waals surface area contributed by atoms with Gasteiger partial charge in [0.1, 0.15) is 5.75 Å². The Morgan fingerprint density at radius 3 is 2.32 bits per heavy atom. The number of nitriles is 1. The predicted molar refractivity (Wildman–Crippen MR) is 88.2 cm³/mol. The van der Waals surface area contributed by atoms with Crippen LogP contribution in [-0.2, 0) is 14.4 Å². The number of amides is 2. The van der Waals surface area contributed by atoms with Crippen molar-refractivity contribution in [1.29, 1.82) is 5.26 Å². The minimum Gasteiger partial charge on any atom is -0.481 e. The second-order valence-corrected chi connectivity index (χ2v) is 6.35. The van der Waals surface area contributed by atoms with E-state index >= 15 is 0 Å². The van der Waals surface area contributed by atoms with Crippen LogP contribution in [0, 0.1) is 16.7 Å². The molecule has 25 heavy (non-hydrogen) atoms. The molecule has 0 aliphatic rings. The molecule has 2 amide bonds. The molecule has 3 N–H and O–H groups in total. The first-order valence-electron chi connectivity index (χ1n) is 7.60. The van der Waals surface area contributed by atoms with E-state index in [0.29, 0.717) is 11.3 Å². The van der Waals surface area contributed by atoms with Gasteiger partial charge in [-0.05, 0) is 36.6 Å². The zero-order chi connectivity index (χ0) is 19.0. The quantitative estimate of drug-likeness (QED) is 0.639. The number of hydrazine groups is 1. The number of ether oxygens (including phenoxy) is 1. The Hall–Kier alpha value is -3.08. The van der Waals surface area contributed by atoms with Crippen molar-refractivity contribution in [3.05, 3.63) is 29.8 Å². The Balaban J connectivity index is 2.45. The minimum atomic E-state index is -0.994. The molecule has 0 aromatic heterocycles. The third-order valence-electron chi connectivity index (χ3n) is 3.26. The molecule has 0 fully saturated rings. The van der Waals surface area contributed by atoms with E-state index in [4.69, 9.17) is 15.1 Å². The molecule has 134 valence electrons. The molecule has 1 rings (SSSR count). The van der Waals surface area contributed by atoms with Crippen LogP contribution in [0.5, 0.6) is 5.75 Å². The normalized spacial score (nSPS) is 11.8. The fraction of sp³-hybridized carbons (Fsp3) is 0.412. The third kappa shape index (κ3) is 7.35. The molecule has 0 aliphatic heterocycles. The number of nitrogens with one attached hydrogen (secondary N) is 2. The first-order chi connectivity index (χ1) is 11.6. The van der Waals surface area contributed by atoms with Crippen LogP contribution in [0.15, 0.2) is 24.3 Å². The minimum absolute atomic E-state index is 0.0512. The lowest BCUT2D eigenvalue weighted by Gasteiger charge is -2.22. The summed E-state index contributed by atoms with van der Waals surface area (Å²) >= 11 is 0. The van der Waals surface area contributed by atoms with E-state index < -0.39 is 29.3 Å². The van der Waals surface area contributed by atoms with E-state index in [0.717, 1.165) is 0 Å². The van der Waals surface area contributed by atoms with Crippen molar-refractivity contribution in [1.82, 2.24) is 10.9 Å². The first kappa shape index (κ1) is 20.0. The summed E-state index contributed by atoms with van der Waals surface area (Å²) in [4.78, 5) is 34.5. The lowest BCUT2D eigenvalue weighted by Crippen LogP contribution is -2.48. The predicted octanol–water partition coefficient (Wildman–Crippen LogP) is 1.36. The van der Waals surface area contributed by atoms with E-state index in [1.165, 1.54) is 6.92 Å². The van der Waals surface area contributed by atoms with Crippen molar-refractivity contribution >= 4 is 17.8 Å². The zero-order valence-electron chi connectivity index (χ0n) is 14.3. The standard InChI is InChI=1S/C17H21N3O5/c1-11(25-13-6-4-12(10-18)5-7-13)16(24)20-19-14(21)8-17(2,3)9-15(22)23/h4-7,11H,8-9H2,1-3H3,(H,19,21)(H,20,24)(H,22,23)/t11-/m1/s1. The monoisotopic (exact) mass is 347 g/mol. The van der Waals surface area contributed by atoms with Crippen molar-refractivity contribution < 1.29 is 24.2 Å². The van der Waals surface area contributed by atoms with Crippen molar-refractivity contribution in [2.24, 2.45) is 5.41 Å². The molecular formula is C17H21N3O5. The van der Waals surface area contributed by atoms with E-state index in [1.54, 1.807) is 38.1 Å². The van der Waals surface area contributed by atoms with E-state index in [2.05, 4.69) is 10.9 Å². The molecule has 1 atom stereocenters. The molecule has 0 bridgehead atoms. The zero-order valence-corrected chi connectivity index (χ0v) is 14.3. The first-order valence-corrected chi connectivity index (χ1v) is 7.60. The van der Waals surface area contributed by atoms with E-state index in [9.17, 15) is 14.4 Å². The molecule has 0 saturated heterocycles. The lowest BCUT2D eigenvalue weighted by molar-refractivity contribution is -0.140. The van der Waals surface area contributed by atoms with Gasteiger partial charge in [-0.3, -0.25) is 25.2 Å². The largest absolute Gasteiger partial charge is 0.481 e. The molecule has 8 heteroatoms. The van der Waals surface area contributed by atoms with Gasteiger partial charge in [0.05, 0.1) is 18.1 Å². The summed E-state index contributed by atoms with van der Waals surface area (Å²) in [6, 6.07) is 8.23. The van der Waals surface area contributed by atoms with E-state index in [-0.39, 0.29) is 12.8 Å².